The Hall–Kier alpha value is -3.46. The Morgan fingerprint density at radius 1 is 1.00 bits per heavy atom. The number of hydrogen-bond acceptors (Lipinski definition) is 5. The van der Waals surface area contributed by atoms with Gasteiger partial charge in [-0.25, -0.2) is 9.97 Å². The highest BCUT2D eigenvalue weighted by atomic mass is 19.4. The third-order valence-corrected chi connectivity index (χ3v) is 4.30. The van der Waals surface area contributed by atoms with Gasteiger partial charge in [0.05, 0.1) is 29.0 Å². The average molecular weight is 399 g/mol. The standard InChI is InChI=1S/C20H16F3N5O/c1-12(29)19-26-15-4-2-3-5-16(15)28(19)18-11-24-10-17(27-18)25-14-8-6-13(7-9-14)20(21,22)23/h2-12,29H,1H3,(H,25,27). The number of aliphatic hydroxyl groups is 1. The maximum Gasteiger partial charge on any atom is 0.416 e. The lowest BCUT2D eigenvalue weighted by molar-refractivity contribution is -0.137. The predicted octanol–water partition coefficient (Wildman–Crippen LogP) is 4.63. The van der Waals surface area contributed by atoms with Crippen molar-refractivity contribution in [2.75, 3.05) is 5.32 Å². The number of aliphatic hydroxyl groups excluding tert-OH is 1. The number of benzene rings is 2. The molecule has 1 unspecified atom stereocenters. The number of rotatable bonds is 4. The fraction of sp³-hybridized carbons (Fsp3) is 0.150. The van der Waals surface area contributed by atoms with Crippen LogP contribution in [0.15, 0.2) is 60.9 Å². The van der Waals surface area contributed by atoms with Crippen LogP contribution in [-0.4, -0.2) is 24.6 Å². The van der Waals surface area contributed by atoms with E-state index in [1.54, 1.807) is 11.5 Å². The summed E-state index contributed by atoms with van der Waals surface area (Å²) in [6, 6.07) is 12.0. The molecule has 0 aliphatic heterocycles. The van der Waals surface area contributed by atoms with Crippen LogP contribution in [0.2, 0.25) is 0 Å². The van der Waals surface area contributed by atoms with E-state index in [4.69, 9.17) is 0 Å². The number of aromatic nitrogens is 4. The molecule has 2 aromatic carbocycles. The molecule has 0 aliphatic rings. The summed E-state index contributed by atoms with van der Waals surface area (Å²) in [5.41, 5.74) is 1.17. The molecule has 148 valence electrons. The molecular formula is C20H16F3N5O. The number of fused-ring (bicyclic) bond motifs is 1. The second kappa shape index (κ2) is 7.17. The molecule has 4 rings (SSSR count). The fourth-order valence-electron chi connectivity index (χ4n) is 2.98. The molecule has 0 fully saturated rings. The van der Waals surface area contributed by atoms with Gasteiger partial charge in [-0.2, -0.15) is 13.2 Å². The summed E-state index contributed by atoms with van der Waals surface area (Å²) in [6.07, 6.45) is -2.24. The first-order valence-corrected chi connectivity index (χ1v) is 8.75. The molecular weight excluding hydrogens is 383 g/mol. The van der Waals surface area contributed by atoms with Crippen LogP contribution in [0.1, 0.15) is 24.4 Å². The Morgan fingerprint density at radius 2 is 1.72 bits per heavy atom. The maximum atomic E-state index is 12.7. The van der Waals surface area contributed by atoms with Crippen molar-refractivity contribution < 1.29 is 18.3 Å². The van der Waals surface area contributed by atoms with Crippen LogP contribution in [0.5, 0.6) is 0 Å². The van der Waals surface area contributed by atoms with Crippen molar-refractivity contribution in [2.24, 2.45) is 0 Å². The minimum atomic E-state index is -4.39. The molecule has 0 saturated carbocycles. The quantitative estimate of drug-likeness (QED) is 0.523. The van der Waals surface area contributed by atoms with E-state index < -0.39 is 17.8 Å². The van der Waals surface area contributed by atoms with Crippen molar-refractivity contribution in [3.63, 3.8) is 0 Å². The van der Waals surface area contributed by atoms with Crippen LogP contribution >= 0.6 is 0 Å². The van der Waals surface area contributed by atoms with Crippen LogP contribution < -0.4 is 5.32 Å². The van der Waals surface area contributed by atoms with Crippen molar-refractivity contribution in [1.29, 1.82) is 0 Å². The number of anilines is 2. The number of para-hydroxylation sites is 2. The van der Waals surface area contributed by atoms with Gasteiger partial charge in [-0.15, -0.1) is 0 Å². The summed E-state index contributed by atoms with van der Waals surface area (Å²) in [6.45, 7) is 1.61. The lowest BCUT2D eigenvalue weighted by Crippen LogP contribution is -2.08. The van der Waals surface area contributed by atoms with Crippen LogP contribution in [0.4, 0.5) is 24.7 Å². The monoisotopic (exact) mass is 399 g/mol. The minimum Gasteiger partial charge on any atom is -0.385 e. The average Bonchev–Trinajstić information content (AvgIpc) is 3.08. The highest BCUT2D eigenvalue weighted by Crippen LogP contribution is 2.30. The number of halogens is 3. The smallest absolute Gasteiger partial charge is 0.385 e. The van der Waals surface area contributed by atoms with Gasteiger partial charge in [0.25, 0.3) is 0 Å². The van der Waals surface area contributed by atoms with Crippen molar-refractivity contribution in [3.05, 3.63) is 72.3 Å². The van der Waals surface area contributed by atoms with Crippen molar-refractivity contribution in [3.8, 4) is 5.82 Å². The molecule has 6 nitrogen and oxygen atoms in total. The normalized spacial score (nSPS) is 12.9. The van der Waals surface area contributed by atoms with Gasteiger partial charge in [-0.1, -0.05) is 12.1 Å². The lowest BCUT2D eigenvalue weighted by Gasteiger charge is -2.12. The molecule has 0 spiro atoms. The molecule has 2 heterocycles. The number of nitrogens with one attached hydrogen (secondary N) is 1. The zero-order chi connectivity index (χ0) is 20.6. The topological polar surface area (TPSA) is 75.9 Å². The predicted molar refractivity (Wildman–Crippen MR) is 102 cm³/mol. The first-order chi connectivity index (χ1) is 13.8. The van der Waals surface area contributed by atoms with Gasteiger partial charge in [-0.05, 0) is 43.3 Å². The fourth-order valence-corrected chi connectivity index (χ4v) is 2.98. The Bertz CT molecular complexity index is 1150. The number of alkyl halides is 3. The molecule has 2 N–H and O–H groups in total. The molecule has 9 heteroatoms. The highest BCUT2D eigenvalue weighted by molar-refractivity contribution is 5.78. The van der Waals surface area contributed by atoms with E-state index in [9.17, 15) is 18.3 Å². The summed E-state index contributed by atoms with van der Waals surface area (Å²) in [7, 11) is 0. The summed E-state index contributed by atoms with van der Waals surface area (Å²) >= 11 is 0. The summed E-state index contributed by atoms with van der Waals surface area (Å²) in [5.74, 6) is 1.18. The highest BCUT2D eigenvalue weighted by Gasteiger charge is 2.29. The van der Waals surface area contributed by atoms with E-state index in [0.29, 0.717) is 28.7 Å². The number of nitrogens with zero attached hydrogens (tertiary/aromatic N) is 4. The molecule has 0 radical (unpaired) electrons. The molecule has 29 heavy (non-hydrogen) atoms. The Balaban J connectivity index is 1.70. The van der Waals surface area contributed by atoms with Gasteiger partial charge in [0.1, 0.15) is 11.9 Å². The lowest BCUT2D eigenvalue weighted by atomic mass is 10.2. The van der Waals surface area contributed by atoms with Crippen LogP contribution in [0, 0.1) is 0 Å². The van der Waals surface area contributed by atoms with Gasteiger partial charge in [0, 0.05) is 5.69 Å². The molecule has 2 aromatic heterocycles. The van der Waals surface area contributed by atoms with Gasteiger partial charge >= 0.3 is 6.18 Å². The zero-order valence-corrected chi connectivity index (χ0v) is 15.2. The Labute approximate surface area is 163 Å². The van der Waals surface area contributed by atoms with Crippen LogP contribution in [0.3, 0.4) is 0 Å². The summed E-state index contributed by atoms with van der Waals surface area (Å²) in [4.78, 5) is 13.1. The zero-order valence-electron chi connectivity index (χ0n) is 15.2. The van der Waals surface area contributed by atoms with E-state index >= 15 is 0 Å². The molecule has 1 atom stereocenters. The minimum absolute atomic E-state index is 0.344. The van der Waals surface area contributed by atoms with E-state index in [1.165, 1.54) is 24.5 Å². The van der Waals surface area contributed by atoms with E-state index in [1.807, 2.05) is 24.3 Å². The van der Waals surface area contributed by atoms with Gasteiger partial charge < -0.3 is 10.4 Å². The van der Waals surface area contributed by atoms with Crippen LogP contribution in [-0.2, 0) is 6.18 Å². The van der Waals surface area contributed by atoms with E-state index in [-0.39, 0.29) is 0 Å². The van der Waals surface area contributed by atoms with E-state index in [2.05, 4.69) is 20.3 Å². The summed E-state index contributed by atoms with van der Waals surface area (Å²) < 4.78 is 39.8. The van der Waals surface area contributed by atoms with Crippen molar-refractivity contribution in [1.82, 2.24) is 19.5 Å². The van der Waals surface area contributed by atoms with Crippen molar-refractivity contribution >= 4 is 22.5 Å². The van der Waals surface area contributed by atoms with Crippen LogP contribution in [0.25, 0.3) is 16.9 Å². The second-order valence-electron chi connectivity index (χ2n) is 6.43. The van der Waals surface area contributed by atoms with Gasteiger partial charge in [-0.3, -0.25) is 9.55 Å². The molecule has 0 aliphatic carbocycles. The molecule has 0 bridgehead atoms. The molecule has 0 saturated heterocycles. The largest absolute Gasteiger partial charge is 0.416 e. The number of hydrogen-bond donors (Lipinski definition) is 2. The second-order valence-corrected chi connectivity index (χ2v) is 6.43. The maximum absolute atomic E-state index is 12.7. The third-order valence-electron chi connectivity index (χ3n) is 4.30. The Kier molecular flexibility index (Phi) is 4.67. The molecule has 4 aromatic rings. The first-order valence-electron chi connectivity index (χ1n) is 8.75. The summed E-state index contributed by atoms with van der Waals surface area (Å²) in [5, 5.41) is 13.1. The third kappa shape index (κ3) is 3.77. The van der Waals surface area contributed by atoms with Crippen molar-refractivity contribution in [2.45, 2.75) is 19.2 Å². The Morgan fingerprint density at radius 3 is 2.41 bits per heavy atom. The number of imidazole rings is 1. The molecule has 0 amide bonds. The first kappa shape index (κ1) is 18.9. The van der Waals surface area contributed by atoms with Gasteiger partial charge in [0.15, 0.2) is 11.6 Å². The van der Waals surface area contributed by atoms with Gasteiger partial charge in [0.2, 0.25) is 0 Å². The SMILES string of the molecule is CC(O)c1nc2ccccc2n1-c1cncc(Nc2ccc(C(F)(F)F)cc2)n1. The van der Waals surface area contributed by atoms with E-state index in [0.717, 1.165) is 17.6 Å².